The Morgan fingerprint density at radius 1 is 0.750 bits per heavy atom. The van der Waals surface area contributed by atoms with Gasteiger partial charge in [-0.3, -0.25) is 4.21 Å². The van der Waals surface area contributed by atoms with Gasteiger partial charge in [0.15, 0.2) is 0 Å². The SMILES string of the molecule is O=S([O-])[O-].[Li+].[Li+].c1ccccc1. The Balaban J connectivity index is -0.000000124. The van der Waals surface area contributed by atoms with Gasteiger partial charge in [0.05, 0.1) is 0 Å². The van der Waals surface area contributed by atoms with Crippen molar-refractivity contribution in [2.24, 2.45) is 0 Å². The van der Waals surface area contributed by atoms with E-state index in [-0.39, 0.29) is 37.7 Å². The van der Waals surface area contributed by atoms with E-state index in [4.69, 9.17) is 13.3 Å². The average molecular weight is 172 g/mol. The fourth-order valence-corrected chi connectivity index (χ4v) is 0.385. The molecule has 1 aromatic rings. The third-order valence-corrected chi connectivity index (χ3v) is 0.667. The zero-order valence-electron chi connectivity index (χ0n) is 7.10. The van der Waals surface area contributed by atoms with Crippen LogP contribution in [0.15, 0.2) is 36.4 Å². The summed E-state index contributed by atoms with van der Waals surface area (Å²) in [4.78, 5) is 0. The molecule has 0 saturated carbocycles. The quantitative estimate of drug-likeness (QED) is 0.290. The molecule has 0 aliphatic heterocycles. The molecule has 0 atom stereocenters. The van der Waals surface area contributed by atoms with Gasteiger partial charge in [-0.15, -0.1) is 11.4 Å². The molecule has 0 fully saturated rings. The van der Waals surface area contributed by atoms with Crippen molar-refractivity contribution in [3.63, 3.8) is 0 Å². The molecule has 1 aromatic carbocycles. The second-order valence-electron chi connectivity index (χ2n) is 1.36. The molecule has 0 N–H and O–H groups in total. The first-order valence-corrected chi connectivity index (χ1v) is 3.50. The minimum absolute atomic E-state index is 0. The summed E-state index contributed by atoms with van der Waals surface area (Å²) in [6.07, 6.45) is 0. The van der Waals surface area contributed by atoms with Gasteiger partial charge < -0.3 is 9.11 Å². The molecule has 0 aromatic heterocycles. The van der Waals surface area contributed by atoms with Gasteiger partial charge in [-0.1, -0.05) is 36.4 Å². The molecule has 0 aliphatic carbocycles. The monoisotopic (exact) mass is 172 g/mol. The van der Waals surface area contributed by atoms with Gasteiger partial charge >= 0.3 is 37.7 Å². The summed E-state index contributed by atoms with van der Waals surface area (Å²) in [5, 5.41) is 0. The Labute approximate surface area is 98.4 Å². The molecule has 0 spiro atoms. The minimum Gasteiger partial charge on any atom is -0.784 e. The van der Waals surface area contributed by atoms with Crippen molar-refractivity contribution >= 4 is 11.4 Å². The number of rotatable bonds is 0. The van der Waals surface area contributed by atoms with Crippen LogP contribution in [0.2, 0.25) is 0 Å². The van der Waals surface area contributed by atoms with Crippen molar-refractivity contribution in [2.75, 3.05) is 0 Å². The van der Waals surface area contributed by atoms with Crippen molar-refractivity contribution in [1.82, 2.24) is 0 Å². The summed E-state index contributed by atoms with van der Waals surface area (Å²) < 4.78 is 25.3. The van der Waals surface area contributed by atoms with Gasteiger partial charge in [-0.05, 0) is 0 Å². The van der Waals surface area contributed by atoms with Crippen LogP contribution < -0.4 is 37.7 Å². The summed E-state index contributed by atoms with van der Waals surface area (Å²) in [6.45, 7) is 0. The van der Waals surface area contributed by atoms with Crippen molar-refractivity contribution in [3.8, 4) is 0 Å². The van der Waals surface area contributed by atoms with Gasteiger partial charge in [0.1, 0.15) is 0 Å². The number of hydrogen-bond donors (Lipinski definition) is 0. The fraction of sp³-hybridized carbons (Fsp3) is 0. The summed E-state index contributed by atoms with van der Waals surface area (Å²) in [7, 11) is 0. The molecule has 1 rings (SSSR count). The van der Waals surface area contributed by atoms with Crippen LogP contribution in [0.3, 0.4) is 0 Å². The van der Waals surface area contributed by atoms with E-state index in [0.29, 0.717) is 0 Å². The van der Waals surface area contributed by atoms with Gasteiger partial charge in [-0.2, -0.15) is 0 Å². The van der Waals surface area contributed by atoms with Crippen molar-refractivity contribution in [1.29, 1.82) is 0 Å². The van der Waals surface area contributed by atoms with E-state index >= 15 is 0 Å². The predicted molar refractivity (Wildman–Crippen MR) is 36.1 cm³/mol. The fourth-order valence-electron chi connectivity index (χ4n) is 0.385. The van der Waals surface area contributed by atoms with Gasteiger partial charge in [-0.25, -0.2) is 0 Å². The van der Waals surface area contributed by atoms with Gasteiger partial charge in [0, 0.05) is 0 Å². The standard InChI is InChI=1S/C6H6.2Li.H2O3S/c1-2-4-6-5-3-1;;;1-4(2)3/h1-6H;;;(H2,1,2,3)/q;2*+1;/p-2. The zero-order chi connectivity index (χ0) is 7.82. The van der Waals surface area contributed by atoms with E-state index in [1.54, 1.807) is 0 Å². The summed E-state index contributed by atoms with van der Waals surface area (Å²) in [6, 6.07) is 12.0. The third kappa shape index (κ3) is 22.4. The van der Waals surface area contributed by atoms with Crippen LogP contribution in [0.25, 0.3) is 0 Å². The van der Waals surface area contributed by atoms with Crippen LogP contribution >= 0.6 is 0 Å². The first-order chi connectivity index (χ1) is 4.73. The Kier molecular flexibility index (Phi) is 21.4. The molecule has 0 saturated heterocycles. The first-order valence-electron chi connectivity index (χ1n) is 2.50. The number of hydrogen-bond acceptors (Lipinski definition) is 3. The van der Waals surface area contributed by atoms with Crippen molar-refractivity contribution in [2.45, 2.75) is 0 Å². The van der Waals surface area contributed by atoms with E-state index in [2.05, 4.69) is 0 Å². The second kappa shape index (κ2) is 14.0. The molecule has 0 amide bonds. The average Bonchev–Trinajstić information content (AvgIpc) is 1.90. The van der Waals surface area contributed by atoms with E-state index < -0.39 is 11.4 Å². The summed E-state index contributed by atoms with van der Waals surface area (Å²) >= 11 is -3.11. The maximum atomic E-state index is 8.44. The third-order valence-electron chi connectivity index (χ3n) is 0.667. The van der Waals surface area contributed by atoms with E-state index in [9.17, 15) is 0 Å². The number of benzene rings is 1. The molecule has 12 heavy (non-hydrogen) atoms. The molecule has 3 nitrogen and oxygen atoms in total. The molecule has 0 unspecified atom stereocenters. The zero-order valence-corrected chi connectivity index (χ0v) is 7.91. The van der Waals surface area contributed by atoms with Crippen LogP contribution in [0.1, 0.15) is 0 Å². The molecule has 0 aliphatic rings. The van der Waals surface area contributed by atoms with Crippen LogP contribution in [0, 0.1) is 0 Å². The molecule has 0 radical (unpaired) electrons. The Bertz CT molecular complexity index is 153. The molecular formula is C6H6Li2O3S. The van der Waals surface area contributed by atoms with Crippen LogP contribution in [0.5, 0.6) is 0 Å². The Morgan fingerprint density at radius 2 is 0.833 bits per heavy atom. The van der Waals surface area contributed by atoms with Crippen LogP contribution in [-0.2, 0) is 11.4 Å². The van der Waals surface area contributed by atoms with E-state index in [0.717, 1.165) is 0 Å². The molecule has 6 heteroatoms. The molecule has 0 bridgehead atoms. The smallest absolute Gasteiger partial charge is 0.784 e. The Hall–Kier alpha value is 0.485. The minimum atomic E-state index is -3.11. The maximum Gasteiger partial charge on any atom is 1.00 e. The molecule has 56 valence electrons. The van der Waals surface area contributed by atoms with E-state index in [1.807, 2.05) is 36.4 Å². The second-order valence-corrected chi connectivity index (χ2v) is 1.77. The predicted octanol–water partition coefficient (Wildman–Crippen LogP) is -5.31. The maximum absolute atomic E-state index is 8.44. The van der Waals surface area contributed by atoms with E-state index in [1.165, 1.54) is 0 Å². The molecular weight excluding hydrogens is 166 g/mol. The Morgan fingerprint density at radius 3 is 0.917 bits per heavy atom. The largest absolute Gasteiger partial charge is 1.00 e. The molecule has 0 heterocycles. The van der Waals surface area contributed by atoms with Gasteiger partial charge in [0.25, 0.3) is 0 Å². The van der Waals surface area contributed by atoms with Gasteiger partial charge in [0.2, 0.25) is 0 Å². The van der Waals surface area contributed by atoms with Crippen LogP contribution in [-0.4, -0.2) is 13.3 Å². The topological polar surface area (TPSA) is 63.2 Å². The normalized spacial score (nSPS) is 6.92. The van der Waals surface area contributed by atoms with Crippen molar-refractivity contribution < 1.29 is 51.0 Å². The first kappa shape index (κ1) is 18.3. The summed E-state index contributed by atoms with van der Waals surface area (Å²) in [5.74, 6) is 0. The van der Waals surface area contributed by atoms with Crippen molar-refractivity contribution in [3.05, 3.63) is 36.4 Å². The summed E-state index contributed by atoms with van der Waals surface area (Å²) in [5.41, 5.74) is 0. The van der Waals surface area contributed by atoms with Crippen LogP contribution in [0.4, 0.5) is 0 Å².